The van der Waals surface area contributed by atoms with Gasteiger partial charge in [-0.2, -0.15) is 13.7 Å². The number of amides is 2. The van der Waals surface area contributed by atoms with Crippen LogP contribution < -0.4 is 10.7 Å². The Bertz CT molecular complexity index is 2320. The van der Waals surface area contributed by atoms with Gasteiger partial charge in [0.05, 0.1) is 39.1 Å². The Morgan fingerprint density at radius 2 is 1.36 bits per heavy atom. The lowest BCUT2D eigenvalue weighted by Crippen LogP contribution is -2.39. The van der Waals surface area contributed by atoms with E-state index in [1.807, 2.05) is 6.92 Å². The molecule has 53 heavy (non-hydrogen) atoms. The zero-order chi connectivity index (χ0) is 38.2. The predicted octanol–water partition coefficient (Wildman–Crippen LogP) is 6.59. The van der Waals surface area contributed by atoms with Gasteiger partial charge in [-0.15, -0.1) is 0 Å². The quantitative estimate of drug-likeness (QED) is 0.0895. The molecular weight excluding hydrogens is 761 g/mol. The summed E-state index contributed by atoms with van der Waals surface area (Å²) in [4.78, 5) is 24.4. The summed E-state index contributed by atoms with van der Waals surface area (Å²) < 4.78 is 63.0. The van der Waals surface area contributed by atoms with Crippen molar-refractivity contribution in [2.24, 2.45) is 5.10 Å². The third-order valence-electron chi connectivity index (χ3n) is 7.73. The standard InChI is InChI=1S/C37H35Cl2N5O7S2/c1-26-8-15-33(16-9-26)52(47,48)43(23-29-10-19-35(38)36(39)20-29)24-32-14-13-31(51-32)21-40-42-37(46)25-44(22-28-6-4-3-5-7-28)53(49,50)34-17-11-30(12-18-34)41-27(2)45/h3-21H,22-25H2,1-2H3,(H,41,45)(H,42,46)/b40-21-. The Balaban J connectivity index is 1.29. The van der Waals surface area contributed by atoms with Crippen molar-refractivity contribution in [3.8, 4) is 0 Å². The van der Waals surface area contributed by atoms with E-state index < -0.39 is 32.5 Å². The smallest absolute Gasteiger partial charge is 0.255 e. The van der Waals surface area contributed by atoms with Gasteiger partial charge in [0.25, 0.3) is 5.91 Å². The van der Waals surface area contributed by atoms with E-state index in [4.69, 9.17) is 27.6 Å². The summed E-state index contributed by atoms with van der Waals surface area (Å²) in [6.07, 6.45) is 1.22. The monoisotopic (exact) mass is 795 g/mol. The highest BCUT2D eigenvalue weighted by molar-refractivity contribution is 7.89. The highest BCUT2D eigenvalue weighted by Crippen LogP contribution is 2.27. The largest absolute Gasteiger partial charge is 0.459 e. The second-order valence-electron chi connectivity index (χ2n) is 11.9. The van der Waals surface area contributed by atoms with Crippen LogP contribution in [-0.2, 0) is 49.3 Å². The number of carbonyl (C=O) groups excluding carboxylic acids is 2. The molecule has 276 valence electrons. The van der Waals surface area contributed by atoms with E-state index >= 15 is 0 Å². The zero-order valence-electron chi connectivity index (χ0n) is 28.6. The minimum absolute atomic E-state index is 0.0326. The summed E-state index contributed by atoms with van der Waals surface area (Å²) in [5.74, 6) is -0.532. The third-order valence-corrected chi connectivity index (χ3v) is 12.1. The molecular formula is C37H35Cl2N5O7S2. The highest BCUT2D eigenvalue weighted by Gasteiger charge is 2.28. The molecule has 0 spiro atoms. The lowest BCUT2D eigenvalue weighted by atomic mass is 10.2. The van der Waals surface area contributed by atoms with Crippen LogP contribution in [-0.4, -0.2) is 50.0 Å². The van der Waals surface area contributed by atoms with Crippen molar-refractivity contribution in [1.82, 2.24) is 14.0 Å². The summed E-state index contributed by atoms with van der Waals surface area (Å²) in [5, 5.41) is 7.15. The number of hydrogen-bond donors (Lipinski definition) is 2. The molecule has 0 radical (unpaired) electrons. The van der Waals surface area contributed by atoms with Gasteiger partial charge in [-0.05, 0) is 78.7 Å². The molecule has 2 amide bonds. The number of sulfonamides is 2. The number of carbonyl (C=O) groups is 2. The maximum Gasteiger partial charge on any atom is 0.255 e. The molecule has 2 N–H and O–H groups in total. The first kappa shape index (κ1) is 39.4. The molecule has 1 heterocycles. The molecule has 5 rings (SSSR count). The lowest BCUT2D eigenvalue weighted by molar-refractivity contribution is -0.121. The lowest BCUT2D eigenvalue weighted by Gasteiger charge is -2.22. The minimum Gasteiger partial charge on any atom is -0.459 e. The first-order valence-corrected chi connectivity index (χ1v) is 19.7. The molecule has 0 saturated carbocycles. The van der Waals surface area contributed by atoms with E-state index in [9.17, 15) is 26.4 Å². The zero-order valence-corrected chi connectivity index (χ0v) is 31.7. The number of anilines is 1. The third kappa shape index (κ3) is 10.6. The molecule has 4 aromatic carbocycles. The summed E-state index contributed by atoms with van der Waals surface area (Å²) in [6, 6.07) is 28.9. The van der Waals surface area contributed by atoms with Gasteiger partial charge in [-0.3, -0.25) is 9.59 Å². The topological polar surface area (TPSA) is 158 Å². The Kier molecular flexibility index (Phi) is 12.9. The molecule has 0 saturated heterocycles. The van der Waals surface area contributed by atoms with Crippen molar-refractivity contribution < 1.29 is 30.8 Å². The van der Waals surface area contributed by atoms with Crippen molar-refractivity contribution in [2.45, 2.75) is 43.3 Å². The van der Waals surface area contributed by atoms with Gasteiger partial charge in [0.2, 0.25) is 26.0 Å². The summed E-state index contributed by atoms with van der Waals surface area (Å²) in [7, 11) is -8.16. The minimum atomic E-state index is -4.16. The van der Waals surface area contributed by atoms with E-state index in [0.717, 1.165) is 9.87 Å². The normalized spacial score (nSPS) is 12.0. The maximum atomic E-state index is 13.8. The summed E-state index contributed by atoms with van der Waals surface area (Å²) in [6.45, 7) is 2.36. The second kappa shape index (κ2) is 17.3. The van der Waals surface area contributed by atoms with E-state index in [1.54, 1.807) is 72.8 Å². The number of halogens is 2. The van der Waals surface area contributed by atoms with Gasteiger partial charge < -0.3 is 9.73 Å². The van der Waals surface area contributed by atoms with Gasteiger partial charge in [-0.25, -0.2) is 22.3 Å². The maximum absolute atomic E-state index is 13.8. The van der Waals surface area contributed by atoms with Crippen molar-refractivity contribution in [2.75, 3.05) is 11.9 Å². The van der Waals surface area contributed by atoms with Gasteiger partial charge in [0, 0.05) is 25.7 Å². The molecule has 0 bridgehead atoms. The van der Waals surface area contributed by atoms with E-state index in [1.165, 1.54) is 53.8 Å². The van der Waals surface area contributed by atoms with Crippen molar-refractivity contribution in [1.29, 1.82) is 0 Å². The van der Waals surface area contributed by atoms with Crippen LogP contribution in [0.25, 0.3) is 0 Å². The van der Waals surface area contributed by atoms with Crippen LogP contribution in [0.4, 0.5) is 5.69 Å². The number of furan rings is 1. The Hall–Kier alpha value is -4.83. The van der Waals surface area contributed by atoms with E-state index in [-0.39, 0.29) is 51.9 Å². The predicted molar refractivity (Wildman–Crippen MR) is 203 cm³/mol. The fourth-order valence-corrected chi connectivity index (χ4v) is 8.19. The summed E-state index contributed by atoms with van der Waals surface area (Å²) >= 11 is 12.3. The Morgan fingerprint density at radius 1 is 0.736 bits per heavy atom. The summed E-state index contributed by atoms with van der Waals surface area (Å²) in [5.41, 5.74) is 4.92. The number of hydrogen-bond acceptors (Lipinski definition) is 8. The molecule has 5 aromatic rings. The number of hydrazone groups is 1. The molecule has 0 aliphatic heterocycles. The molecule has 16 heteroatoms. The fraction of sp³-hybridized carbons (Fsp3) is 0.162. The number of nitrogens with zero attached hydrogens (tertiary/aromatic N) is 3. The number of benzene rings is 4. The van der Waals surface area contributed by atoms with Crippen molar-refractivity contribution in [3.05, 3.63) is 147 Å². The van der Waals surface area contributed by atoms with Crippen LogP contribution in [0.15, 0.2) is 129 Å². The fourth-order valence-electron chi connectivity index (χ4n) is 5.09. The molecule has 0 fully saturated rings. The molecule has 0 aliphatic carbocycles. The van der Waals surface area contributed by atoms with Crippen LogP contribution >= 0.6 is 23.2 Å². The van der Waals surface area contributed by atoms with Crippen LogP contribution in [0.3, 0.4) is 0 Å². The Labute approximate surface area is 318 Å². The molecule has 1 aromatic heterocycles. The molecule has 0 aliphatic rings. The van der Waals surface area contributed by atoms with Gasteiger partial charge in [-0.1, -0.05) is 77.3 Å². The first-order valence-electron chi connectivity index (χ1n) is 16.0. The van der Waals surface area contributed by atoms with Gasteiger partial charge >= 0.3 is 0 Å². The van der Waals surface area contributed by atoms with Crippen molar-refractivity contribution >= 4 is 67.0 Å². The Morgan fingerprint density at radius 3 is 2.00 bits per heavy atom. The SMILES string of the molecule is CC(=O)Nc1ccc(S(=O)(=O)N(CC(=O)N/N=C\c2ccc(CN(Cc3ccc(Cl)c(Cl)c3)S(=O)(=O)c3ccc(C)cc3)o2)Cc2ccccc2)cc1. The van der Waals surface area contributed by atoms with Gasteiger partial charge in [0.15, 0.2) is 0 Å². The number of rotatable bonds is 15. The van der Waals surface area contributed by atoms with Crippen LogP contribution in [0.1, 0.15) is 35.1 Å². The number of nitrogens with one attached hydrogen (secondary N) is 2. The van der Waals surface area contributed by atoms with Crippen LogP contribution in [0.5, 0.6) is 0 Å². The van der Waals surface area contributed by atoms with Crippen LogP contribution in [0, 0.1) is 6.92 Å². The highest BCUT2D eigenvalue weighted by atomic mass is 35.5. The average Bonchev–Trinajstić information content (AvgIpc) is 3.57. The number of aryl methyl sites for hydroxylation is 1. The molecule has 0 atom stereocenters. The van der Waals surface area contributed by atoms with E-state index in [0.29, 0.717) is 21.8 Å². The first-order chi connectivity index (χ1) is 25.2. The average molecular weight is 797 g/mol. The molecule has 0 unspecified atom stereocenters. The van der Waals surface area contributed by atoms with Crippen LogP contribution in [0.2, 0.25) is 10.0 Å². The van der Waals surface area contributed by atoms with E-state index in [2.05, 4.69) is 15.8 Å². The second-order valence-corrected chi connectivity index (χ2v) is 16.6. The van der Waals surface area contributed by atoms with Crippen molar-refractivity contribution in [3.63, 3.8) is 0 Å². The molecule has 12 nitrogen and oxygen atoms in total. The van der Waals surface area contributed by atoms with Gasteiger partial charge in [0.1, 0.15) is 11.5 Å².